The molecule has 1 rings (SSSR count). The summed E-state index contributed by atoms with van der Waals surface area (Å²) >= 11 is 5.70. The lowest BCUT2D eigenvalue weighted by atomic mass is 9.88. The molecular formula is C13H18ClN3O. The van der Waals surface area contributed by atoms with Gasteiger partial charge in [0.05, 0.1) is 5.02 Å². The summed E-state index contributed by atoms with van der Waals surface area (Å²) in [4.78, 5) is 15.6. The fourth-order valence-corrected chi connectivity index (χ4v) is 1.10. The van der Waals surface area contributed by atoms with Gasteiger partial charge >= 0.3 is 6.03 Å². The van der Waals surface area contributed by atoms with Crippen LogP contribution in [0.1, 0.15) is 27.7 Å². The van der Waals surface area contributed by atoms with E-state index >= 15 is 0 Å². The van der Waals surface area contributed by atoms with Crippen molar-refractivity contribution < 1.29 is 4.79 Å². The monoisotopic (exact) mass is 267 g/mol. The maximum absolute atomic E-state index is 11.6. The Morgan fingerprint density at radius 1 is 1.39 bits per heavy atom. The van der Waals surface area contributed by atoms with E-state index in [0.29, 0.717) is 10.8 Å². The van der Waals surface area contributed by atoms with Crippen molar-refractivity contribution in [3.05, 3.63) is 35.1 Å². The molecule has 0 radical (unpaired) electrons. The summed E-state index contributed by atoms with van der Waals surface area (Å²) in [6, 6.07) is 2.98. The van der Waals surface area contributed by atoms with Crippen LogP contribution in [0.15, 0.2) is 30.1 Å². The van der Waals surface area contributed by atoms with Gasteiger partial charge in [-0.15, -0.1) is 0 Å². The zero-order chi connectivity index (χ0) is 13.8. The van der Waals surface area contributed by atoms with E-state index in [0.717, 1.165) is 5.57 Å². The molecule has 4 nitrogen and oxygen atoms in total. The third-order valence-corrected chi connectivity index (χ3v) is 2.80. The number of rotatable bonds is 2. The Morgan fingerprint density at radius 2 is 2.06 bits per heavy atom. The standard InChI is InChI=1S/C13H18ClN3O/c1-9(13(2,3)4)7-16-12(18)17-11-6-5-10(14)8-15-11/h5-8H,1-4H3,(H2,15,16,17,18)/b9-7+. The Bertz CT molecular complexity index is 446. The SMILES string of the molecule is C/C(=C\NC(=O)Nc1ccc(Cl)cn1)C(C)(C)C. The van der Waals surface area contributed by atoms with Gasteiger partial charge < -0.3 is 5.32 Å². The number of carbonyl (C=O) groups excluding carboxylic acids is 1. The van der Waals surface area contributed by atoms with Crippen LogP contribution in [0.5, 0.6) is 0 Å². The minimum absolute atomic E-state index is 0.0335. The minimum atomic E-state index is -0.326. The molecule has 2 N–H and O–H groups in total. The van der Waals surface area contributed by atoms with E-state index in [9.17, 15) is 4.79 Å². The lowest BCUT2D eigenvalue weighted by Gasteiger charge is -2.19. The number of pyridine rings is 1. The highest BCUT2D eigenvalue weighted by Gasteiger charge is 2.12. The highest BCUT2D eigenvalue weighted by atomic mass is 35.5. The summed E-state index contributed by atoms with van der Waals surface area (Å²) in [5.41, 5.74) is 1.12. The van der Waals surface area contributed by atoms with Crippen LogP contribution in [0.3, 0.4) is 0 Å². The average Bonchev–Trinajstić information content (AvgIpc) is 2.28. The Labute approximate surface area is 112 Å². The van der Waals surface area contributed by atoms with E-state index in [1.54, 1.807) is 18.3 Å². The summed E-state index contributed by atoms with van der Waals surface area (Å²) in [7, 11) is 0. The molecule has 0 atom stereocenters. The van der Waals surface area contributed by atoms with Crippen LogP contribution in [0.2, 0.25) is 5.02 Å². The van der Waals surface area contributed by atoms with Crippen LogP contribution >= 0.6 is 11.6 Å². The third-order valence-electron chi connectivity index (χ3n) is 2.57. The summed E-state index contributed by atoms with van der Waals surface area (Å²) in [6.45, 7) is 8.22. The van der Waals surface area contributed by atoms with Gasteiger partial charge in [-0.3, -0.25) is 5.32 Å². The lowest BCUT2D eigenvalue weighted by molar-refractivity contribution is 0.255. The highest BCUT2D eigenvalue weighted by molar-refractivity contribution is 6.30. The molecule has 2 amide bonds. The van der Waals surface area contributed by atoms with Gasteiger partial charge in [0.1, 0.15) is 5.82 Å². The molecule has 0 unspecified atom stereocenters. The maximum Gasteiger partial charge on any atom is 0.324 e. The first kappa shape index (κ1) is 14.5. The summed E-state index contributed by atoms with van der Waals surface area (Å²) < 4.78 is 0. The van der Waals surface area contributed by atoms with Gasteiger partial charge in [-0.05, 0) is 24.5 Å². The molecule has 0 saturated heterocycles. The quantitative estimate of drug-likeness (QED) is 0.856. The van der Waals surface area contributed by atoms with E-state index in [2.05, 4.69) is 36.4 Å². The molecule has 0 aliphatic heterocycles. The van der Waals surface area contributed by atoms with Crippen molar-refractivity contribution in [3.63, 3.8) is 0 Å². The van der Waals surface area contributed by atoms with E-state index in [1.807, 2.05) is 6.92 Å². The molecule has 0 bridgehead atoms. The first-order valence-corrected chi connectivity index (χ1v) is 6.03. The third kappa shape index (κ3) is 4.75. The molecule has 0 aliphatic carbocycles. The second kappa shape index (κ2) is 5.87. The predicted molar refractivity (Wildman–Crippen MR) is 74.6 cm³/mol. The summed E-state index contributed by atoms with van der Waals surface area (Å²) in [6.07, 6.45) is 3.18. The van der Waals surface area contributed by atoms with Crippen LogP contribution in [-0.2, 0) is 0 Å². The van der Waals surface area contributed by atoms with Gasteiger partial charge in [0.2, 0.25) is 0 Å². The lowest BCUT2D eigenvalue weighted by Crippen LogP contribution is -2.25. The summed E-state index contributed by atoms with van der Waals surface area (Å²) in [5, 5.41) is 5.81. The van der Waals surface area contributed by atoms with E-state index in [1.165, 1.54) is 6.20 Å². The van der Waals surface area contributed by atoms with Crippen LogP contribution < -0.4 is 10.6 Å². The summed E-state index contributed by atoms with van der Waals surface area (Å²) in [5.74, 6) is 0.457. The number of allylic oxidation sites excluding steroid dienone is 1. The molecule has 1 aromatic heterocycles. The first-order valence-electron chi connectivity index (χ1n) is 5.65. The number of amides is 2. The van der Waals surface area contributed by atoms with Gasteiger partial charge in [-0.1, -0.05) is 37.9 Å². The molecule has 1 aromatic rings. The number of hydrogen-bond donors (Lipinski definition) is 2. The number of urea groups is 1. The average molecular weight is 268 g/mol. The van der Waals surface area contributed by atoms with Crippen LogP contribution in [-0.4, -0.2) is 11.0 Å². The topological polar surface area (TPSA) is 54.0 Å². The molecule has 0 saturated carbocycles. The van der Waals surface area contributed by atoms with E-state index in [4.69, 9.17) is 11.6 Å². The molecule has 98 valence electrons. The molecule has 5 heteroatoms. The molecule has 1 heterocycles. The molecule has 0 spiro atoms. The Balaban J connectivity index is 2.55. The molecule has 0 fully saturated rings. The largest absolute Gasteiger partial charge is 0.324 e. The van der Waals surface area contributed by atoms with Gasteiger partial charge in [0, 0.05) is 12.4 Å². The maximum atomic E-state index is 11.6. The van der Waals surface area contributed by atoms with Gasteiger partial charge in [-0.25, -0.2) is 9.78 Å². The van der Waals surface area contributed by atoms with Crippen molar-refractivity contribution >= 4 is 23.4 Å². The number of halogens is 1. The number of nitrogens with zero attached hydrogens (tertiary/aromatic N) is 1. The number of nitrogens with one attached hydrogen (secondary N) is 2. The Morgan fingerprint density at radius 3 is 2.56 bits per heavy atom. The second-order valence-electron chi connectivity index (χ2n) is 5.04. The molecular weight excluding hydrogens is 250 g/mol. The fraction of sp³-hybridized carbons (Fsp3) is 0.385. The Kier molecular flexibility index (Phi) is 4.73. The number of carbonyl (C=O) groups is 1. The predicted octanol–water partition coefficient (Wildman–Crippen LogP) is 3.81. The van der Waals surface area contributed by atoms with Crippen molar-refractivity contribution in [2.45, 2.75) is 27.7 Å². The Hall–Kier alpha value is -1.55. The highest BCUT2D eigenvalue weighted by Crippen LogP contribution is 2.23. The van der Waals surface area contributed by atoms with Crippen molar-refractivity contribution in [1.82, 2.24) is 10.3 Å². The first-order chi connectivity index (χ1) is 8.29. The zero-order valence-electron chi connectivity index (χ0n) is 11.0. The normalized spacial score (nSPS) is 12.2. The molecule has 0 aliphatic rings. The van der Waals surface area contributed by atoms with Crippen molar-refractivity contribution in [1.29, 1.82) is 0 Å². The van der Waals surface area contributed by atoms with Crippen LogP contribution in [0.4, 0.5) is 10.6 Å². The van der Waals surface area contributed by atoms with E-state index in [-0.39, 0.29) is 11.4 Å². The number of hydrogen-bond acceptors (Lipinski definition) is 2. The zero-order valence-corrected chi connectivity index (χ0v) is 11.8. The molecule has 18 heavy (non-hydrogen) atoms. The van der Waals surface area contributed by atoms with E-state index < -0.39 is 0 Å². The smallest absolute Gasteiger partial charge is 0.314 e. The fourth-order valence-electron chi connectivity index (χ4n) is 0.992. The van der Waals surface area contributed by atoms with Gasteiger partial charge in [0.15, 0.2) is 0 Å². The second-order valence-corrected chi connectivity index (χ2v) is 5.47. The number of anilines is 1. The van der Waals surface area contributed by atoms with Gasteiger partial charge in [0.25, 0.3) is 0 Å². The number of aromatic nitrogens is 1. The van der Waals surface area contributed by atoms with Crippen molar-refractivity contribution in [3.8, 4) is 0 Å². The van der Waals surface area contributed by atoms with Crippen molar-refractivity contribution in [2.75, 3.05) is 5.32 Å². The van der Waals surface area contributed by atoms with Crippen LogP contribution in [0.25, 0.3) is 0 Å². The van der Waals surface area contributed by atoms with Crippen molar-refractivity contribution in [2.24, 2.45) is 5.41 Å². The molecule has 0 aromatic carbocycles. The van der Waals surface area contributed by atoms with Crippen LogP contribution in [0, 0.1) is 5.41 Å². The van der Waals surface area contributed by atoms with Gasteiger partial charge in [-0.2, -0.15) is 0 Å². The minimum Gasteiger partial charge on any atom is -0.314 e.